The van der Waals surface area contributed by atoms with Crippen LogP contribution in [0.3, 0.4) is 0 Å². The number of anilines is 3. The molecule has 1 aromatic heterocycles. The highest BCUT2D eigenvalue weighted by Crippen LogP contribution is 2.39. The molecule has 3 heteroatoms. The smallest absolute Gasteiger partial charge is 0.160 e. The quantitative estimate of drug-likeness (QED) is 0.161. The van der Waals surface area contributed by atoms with Gasteiger partial charge in [-0.15, -0.1) is 0 Å². The largest absolute Gasteiger partial charge is 0.310 e. The second-order valence-corrected chi connectivity index (χ2v) is 13.2. The average molecular weight is 670 g/mol. The summed E-state index contributed by atoms with van der Waals surface area (Å²) in [7, 11) is 0. The van der Waals surface area contributed by atoms with Gasteiger partial charge in [0.25, 0.3) is 0 Å². The summed E-state index contributed by atoms with van der Waals surface area (Å²) in [5.41, 5.74) is 16.8. The summed E-state index contributed by atoms with van der Waals surface area (Å²) >= 11 is 0. The van der Waals surface area contributed by atoms with Gasteiger partial charge in [-0.25, -0.2) is 9.97 Å². The molecule has 0 bridgehead atoms. The molecule has 0 aliphatic heterocycles. The summed E-state index contributed by atoms with van der Waals surface area (Å²) in [6.45, 7) is 6.51. The van der Waals surface area contributed by atoms with Gasteiger partial charge in [-0.3, -0.25) is 0 Å². The molecule has 8 rings (SSSR count). The van der Waals surface area contributed by atoms with Crippen LogP contribution in [0.4, 0.5) is 17.1 Å². The van der Waals surface area contributed by atoms with E-state index in [4.69, 9.17) is 9.97 Å². The molecule has 0 saturated heterocycles. The number of aryl methyl sites for hydroxylation is 2. The van der Waals surface area contributed by atoms with E-state index in [1.165, 1.54) is 39.1 Å². The number of aromatic nitrogens is 2. The highest BCUT2D eigenvalue weighted by atomic mass is 15.1. The lowest BCUT2D eigenvalue weighted by Gasteiger charge is -2.27. The fourth-order valence-corrected chi connectivity index (χ4v) is 7.00. The fraction of sp³-hybridized carbons (Fsp3) is 0.0612. The lowest BCUT2D eigenvalue weighted by Crippen LogP contribution is -2.11. The number of hydrogen-bond acceptors (Lipinski definition) is 3. The van der Waals surface area contributed by atoms with E-state index >= 15 is 0 Å². The maximum atomic E-state index is 5.15. The summed E-state index contributed by atoms with van der Waals surface area (Å²) in [6.07, 6.45) is 0. The van der Waals surface area contributed by atoms with Gasteiger partial charge in [0.15, 0.2) is 5.82 Å². The second kappa shape index (κ2) is 14.3. The van der Waals surface area contributed by atoms with E-state index in [-0.39, 0.29) is 0 Å². The normalized spacial score (nSPS) is 11.0. The lowest BCUT2D eigenvalue weighted by molar-refractivity contribution is 1.14. The zero-order valence-corrected chi connectivity index (χ0v) is 29.7. The maximum absolute atomic E-state index is 5.15. The van der Waals surface area contributed by atoms with Crippen molar-refractivity contribution >= 4 is 17.1 Å². The van der Waals surface area contributed by atoms with Gasteiger partial charge in [-0.05, 0) is 90.6 Å². The highest BCUT2D eigenvalue weighted by Gasteiger charge is 2.18. The van der Waals surface area contributed by atoms with E-state index in [2.05, 4.69) is 183 Å². The molecule has 0 amide bonds. The Morgan fingerprint density at radius 3 is 1.33 bits per heavy atom. The minimum Gasteiger partial charge on any atom is -0.310 e. The molecule has 0 unspecified atom stereocenters. The van der Waals surface area contributed by atoms with Crippen molar-refractivity contribution < 1.29 is 0 Å². The summed E-state index contributed by atoms with van der Waals surface area (Å²) in [5.74, 6) is 0.732. The first kappa shape index (κ1) is 32.6. The van der Waals surface area contributed by atoms with Crippen LogP contribution in [-0.2, 0) is 0 Å². The molecule has 0 fully saturated rings. The van der Waals surface area contributed by atoms with Gasteiger partial charge in [-0.2, -0.15) is 0 Å². The molecule has 0 saturated carbocycles. The molecular formula is C49H39N3. The Morgan fingerprint density at radius 2 is 0.808 bits per heavy atom. The van der Waals surface area contributed by atoms with Crippen molar-refractivity contribution in [2.75, 3.05) is 4.90 Å². The zero-order valence-electron chi connectivity index (χ0n) is 29.7. The molecule has 0 aliphatic carbocycles. The predicted molar refractivity (Wildman–Crippen MR) is 218 cm³/mol. The van der Waals surface area contributed by atoms with Crippen molar-refractivity contribution in [3.05, 3.63) is 199 Å². The number of para-hydroxylation sites is 2. The van der Waals surface area contributed by atoms with Gasteiger partial charge >= 0.3 is 0 Å². The van der Waals surface area contributed by atoms with Crippen molar-refractivity contribution in [2.24, 2.45) is 0 Å². The third-order valence-corrected chi connectivity index (χ3v) is 9.72. The zero-order chi connectivity index (χ0) is 35.4. The minimum atomic E-state index is 0.732. The standard InChI is InChI=1S/C49H39N3/c1-34-32-41(28-30-45(34)48-36(3)47(39-16-8-4-9-17-39)50-49(51-48)40-18-10-5-11-19-40)37-24-26-38(27-25-37)42-29-31-46(35(2)33-42)52(43-20-12-6-13-21-43)44-22-14-7-15-23-44/h4-33H,1-3H3. The van der Waals surface area contributed by atoms with Gasteiger partial charge in [0, 0.05) is 39.3 Å². The van der Waals surface area contributed by atoms with Crippen LogP contribution in [0.5, 0.6) is 0 Å². The van der Waals surface area contributed by atoms with Crippen LogP contribution >= 0.6 is 0 Å². The first-order chi connectivity index (χ1) is 25.5. The van der Waals surface area contributed by atoms with Gasteiger partial charge in [0.2, 0.25) is 0 Å². The number of benzene rings is 7. The van der Waals surface area contributed by atoms with Crippen LogP contribution in [0.15, 0.2) is 182 Å². The molecule has 250 valence electrons. The molecule has 7 aromatic carbocycles. The Kier molecular flexibility index (Phi) is 8.99. The molecule has 1 heterocycles. The number of rotatable bonds is 8. The lowest BCUT2D eigenvalue weighted by atomic mass is 9.94. The van der Waals surface area contributed by atoms with Crippen molar-refractivity contribution in [2.45, 2.75) is 20.8 Å². The Balaban J connectivity index is 1.10. The molecule has 52 heavy (non-hydrogen) atoms. The SMILES string of the molecule is Cc1cc(-c2ccc(-c3ccc(N(c4ccccc4)c4ccccc4)c(C)c3)cc2)ccc1-c1nc(-c2ccccc2)nc(-c2ccccc2)c1C. The third-order valence-electron chi connectivity index (χ3n) is 9.72. The molecule has 0 spiro atoms. The summed E-state index contributed by atoms with van der Waals surface area (Å²) in [6, 6.07) is 64.1. The van der Waals surface area contributed by atoms with Crippen LogP contribution in [0.1, 0.15) is 16.7 Å². The number of hydrogen-bond donors (Lipinski definition) is 0. The fourth-order valence-electron chi connectivity index (χ4n) is 7.00. The average Bonchev–Trinajstić information content (AvgIpc) is 3.20. The minimum absolute atomic E-state index is 0.732. The maximum Gasteiger partial charge on any atom is 0.160 e. The van der Waals surface area contributed by atoms with E-state index in [1.54, 1.807) is 0 Å². The predicted octanol–water partition coefficient (Wildman–Crippen LogP) is 13.2. The summed E-state index contributed by atoms with van der Waals surface area (Å²) < 4.78 is 0. The number of nitrogens with zero attached hydrogens (tertiary/aromatic N) is 3. The van der Waals surface area contributed by atoms with Crippen LogP contribution in [0.25, 0.3) is 56.2 Å². The van der Waals surface area contributed by atoms with E-state index in [0.29, 0.717) is 0 Å². The van der Waals surface area contributed by atoms with Crippen LogP contribution in [0.2, 0.25) is 0 Å². The van der Waals surface area contributed by atoms with Crippen LogP contribution < -0.4 is 4.90 Å². The Labute approximate surface area is 306 Å². The topological polar surface area (TPSA) is 29.0 Å². The molecule has 0 radical (unpaired) electrons. The van der Waals surface area contributed by atoms with Crippen molar-refractivity contribution in [1.82, 2.24) is 9.97 Å². The van der Waals surface area contributed by atoms with Crippen LogP contribution in [-0.4, -0.2) is 9.97 Å². The van der Waals surface area contributed by atoms with E-state index in [9.17, 15) is 0 Å². The molecular weight excluding hydrogens is 631 g/mol. The van der Waals surface area contributed by atoms with E-state index in [0.717, 1.165) is 50.8 Å². The highest BCUT2D eigenvalue weighted by molar-refractivity contribution is 5.82. The first-order valence-electron chi connectivity index (χ1n) is 17.8. The first-order valence-corrected chi connectivity index (χ1v) is 17.8. The molecule has 0 atom stereocenters. The van der Waals surface area contributed by atoms with Gasteiger partial charge < -0.3 is 4.90 Å². The van der Waals surface area contributed by atoms with Crippen molar-refractivity contribution in [3.8, 4) is 56.2 Å². The van der Waals surface area contributed by atoms with Gasteiger partial charge in [0.05, 0.1) is 11.4 Å². The third kappa shape index (κ3) is 6.53. The summed E-state index contributed by atoms with van der Waals surface area (Å²) in [4.78, 5) is 12.5. The molecule has 8 aromatic rings. The van der Waals surface area contributed by atoms with E-state index in [1.807, 2.05) is 24.3 Å². The summed E-state index contributed by atoms with van der Waals surface area (Å²) in [5, 5.41) is 0. The Bertz CT molecular complexity index is 2420. The van der Waals surface area contributed by atoms with E-state index < -0.39 is 0 Å². The van der Waals surface area contributed by atoms with Gasteiger partial charge in [0.1, 0.15) is 0 Å². The molecule has 0 aliphatic rings. The monoisotopic (exact) mass is 669 g/mol. The van der Waals surface area contributed by atoms with Gasteiger partial charge in [-0.1, -0.05) is 146 Å². The van der Waals surface area contributed by atoms with Crippen molar-refractivity contribution in [3.63, 3.8) is 0 Å². The molecule has 3 nitrogen and oxygen atoms in total. The Hall–Kier alpha value is -6.58. The van der Waals surface area contributed by atoms with Crippen LogP contribution in [0, 0.1) is 20.8 Å². The van der Waals surface area contributed by atoms with Crippen molar-refractivity contribution in [1.29, 1.82) is 0 Å². The molecule has 0 N–H and O–H groups in total. The Morgan fingerprint density at radius 1 is 0.365 bits per heavy atom. The second-order valence-electron chi connectivity index (χ2n) is 13.2.